The second-order valence-electron chi connectivity index (χ2n) is 6.49. The maximum atomic E-state index is 5.41. The Balaban J connectivity index is 1.57. The maximum absolute atomic E-state index is 5.41. The molecular formula is C20H26N2O3. The number of aromatic nitrogens is 1. The summed E-state index contributed by atoms with van der Waals surface area (Å²) in [4.78, 5) is 6.67. The first-order valence-corrected chi connectivity index (χ1v) is 8.64. The molecular weight excluding hydrogens is 316 g/mol. The number of benzene rings is 1. The minimum atomic E-state index is 0.668. The molecule has 1 aromatic heterocycles. The van der Waals surface area contributed by atoms with Crippen LogP contribution < -0.4 is 14.2 Å². The Morgan fingerprint density at radius 3 is 2.60 bits per heavy atom. The zero-order valence-electron chi connectivity index (χ0n) is 15.2. The normalized spacial score (nSPS) is 17.5. The van der Waals surface area contributed by atoms with Gasteiger partial charge in [0.15, 0.2) is 11.5 Å². The molecule has 1 atom stereocenters. The quantitative estimate of drug-likeness (QED) is 0.773. The molecule has 0 spiro atoms. The highest BCUT2D eigenvalue weighted by Gasteiger charge is 2.23. The van der Waals surface area contributed by atoms with Crippen LogP contribution >= 0.6 is 0 Å². The van der Waals surface area contributed by atoms with E-state index in [1.807, 2.05) is 18.3 Å². The number of rotatable bonds is 7. The number of likely N-dealkylation sites (tertiary alicyclic amines) is 1. The van der Waals surface area contributed by atoms with Crippen LogP contribution in [0, 0.1) is 5.92 Å². The Hall–Kier alpha value is -2.27. The molecule has 0 amide bonds. The average Bonchev–Trinajstić information content (AvgIpc) is 3.08. The van der Waals surface area contributed by atoms with Crippen LogP contribution in [0.5, 0.6) is 17.4 Å². The van der Waals surface area contributed by atoms with Crippen LogP contribution in [-0.4, -0.2) is 44.3 Å². The predicted octanol–water partition coefficient (Wildman–Crippen LogP) is 3.17. The van der Waals surface area contributed by atoms with Gasteiger partial charge in [0, 0.05) is 25.4 Å². The zero-order chi connectivity index (χ0) is 17.6. The zero-order valence-corrected chi connectivity index (χ0v) is 15.2. The molecule has 134 valence electrons. The largest absolute Gasteiger partial charge is 0.493 e. The number of nitrogens with zero attached hydrogens (tertiary/aromatic N) is 2. The summed E-state index contributed by atoms with van der Waals surface area (Å²) in [5.41, 5.74) is 2.55. The van der Waals surface area contributed by atoms with Crippen molar-refractivity contribution in [1.29, 1.82) is 0 Å². The third-order valence-corrected chi connectivity index (χ3v) is 4.76. The van der Waals surface area contributed by atoms with Gasteiger partial charge in [-0.15, -0.1) is 0 Å². The second kappa shape index (κ2) is 8.21. The molecule has 0 aliphatic carbocycles. The lowest BCUT2D eigenvalue weighted by Gasteiger charge is -2.17. The first-order valence-electron chi connectivity index (χ1n) is 8.64. The minimum Gasteiger partial charge on any atom is -0.493 e. The molecule has 3 rings (SSSR count). The van der Waals surface area contributed by atoms with Crippen molar-refractivity contribution in [3.05, 3.63) is 47.7 Å². The van der Waals surface area contributed by atoms with Crippen molar-refractivity contribution in [2.75, 3.05) is 34.4 Å². The van der Waals surface area contributed by atoms with Crippen molar-refractivity contribution in [2.24, 2.45) is 5.92 Å². The van der Waals surface area contributed by atoms with Gasteiger partial charge in [0.05, 0.1) is 21.3 Å². The van der Waals surface area contributed by atoms with E-state index in [9.17, 15) is 0 Å². The van der Waals surface area contributed by atoms with Gasteiger partial charge in [0.1, 0.15) is 0 Å². The molecule has 2 aromatic rings. The van der Waals surface area contributed by atoms with Crippen LogP contribution in [0.4, 0.5) is 0 Å². The van der Waals surface area contributed by atoms with Crippen molar-refractivity contribution < 1.29 is 14.2 Å². The van der Waals surface area contributed by atoms with Crippen molar-refractivity contribution in [3.8, 4) is 17.4 Å². The number of hydrogen-bond donors (Lipinski definition) is 0. The molecule has 2 heterocycles. The van der Waals surface area contributed by atoms with Crippen LogP contribution in [0.25, 0.3) is 0 Å². The minimum absolute atomic E-state index is 0.668. The van der Waals surface area contributed by atoms with E-state index in [1.165, 1.54) is 17.5 Å². The highest BCUT2D eigenvalue weighted by molar-refractivity contribution is 5.43. The lowest BCUT2D eigenvalue weighted by molar-refractivity contribution is 0.315. The number of ether oxygens (including phenoxy) is 3. The van der Waals surface area contributed by atoms with Gasteiger partial charge in [-0.2, -0.15) is 0 Å². The van der Waals surface area contributed by atoms with Gasteiger partial charge in [0.25, 0.3) is 0 Å². The van der Waals surface area contributed by atoms with Gasteiger partial charge in [-0.3, -0.25) is 4.90 Å². The molecule has 5 heteroatoms. The summed E-state index contributed by atoms with van der Waals surface area (Å²) in [5.74, 6) is 2.94. The van der Waals surface area contributed by atoms with Crippen LogP contribution in [-0.2, 0) is 13.0 Å². The van der Waals surface area contributed by atoms with Crippen LogP contribution in [0.1, 0.15) is 17.5 Å². The lowest BCUT2D eigenvalue weighted by atomic mass is 9.98. The van der Waals surface area contributed by atoms with Crippen LogP contribution in [0.3, 0.4) is 0 Å². The molecule has 1 fully saturated rings. The van der Waals surface area contributed by atoms with Crippen molar-refractivity contribution in [1.82, 2.24) is 9.88 Å². The molecule has 1 aliphatic rings. The fraction of sp³-hybridized carbons (Fsp3) is 0.450. The van der Waals surface area contributed by atoms with Gasteiger partial charge >= 0.3 is 0 Å². The van der Waals surface area contributed by atoms with Gasteiger partial charge in [-0.1, -0.05) is 6.07 Å². The van der Waals surface area contributed by atoms with Crippen LogP contribution in [0.15, 0.2) is 36.5 Å². The summed E-state index contributed by atoms with van der Waals surface area (Å²) in [6.07, 6.45) is 4.10. The van der Waals surface area contributed by atoms with Gasteiger partial charge in [0.2, 0.25) is 5.88 Å². The van der Waals surface area contributed by atoms with Crippen molar-refractivity contribution in [2.45, 2.75) is 19.4 Å². The first-order chi connectivity index (χ1) is 12.2. The highest BCUT2D eigenvalue weighted by Crippen LogP contribution is 2.30. The van der Waals surface area contributed by atoms with Crippen molar-refractivity contribution in [3.63, 3.8) is 0 Å². The number of methoxy groups -OCH3 is 3. The number of hydrogen-bond acceptors (Lipinski definition) is 5. The molecule has 0 bridgehead atoms. The summed E-state index contributed by atoms with van der Waals surface area (Å²) in [6.45, 7) is 3.18. The Bertz CT molecular complexity index is 705. The van der Waals surface area contributed by atoms with Gasteiger partial charge in [-0.25, -0.2) is 4.98 Å². The van der Waals surface area contributed by atoms with E-state index in [-0.39, 0.29) is 0 Å². The summed E-state index contributed by atoms with van der Waals surface area (Å²) in [5, 5.41) is 0. The fourth-order valence-electron chi connectivity index (χ4n) is 3.48. The van der Waals surface area contributed by atoms with Gasteiger partial charge in [-0.05, 0) is 54.6 Å². The highest BCUT2D eigenvalue weighted by atomic mass is 16.5. The monoisotopic (exact) mass is 342 g/mol. The smallest absolute Gasteiger partial charge is 0.213 e. The van der Waals surface area contributed by atoms with Crippen LogP contribution in [0.2, 0.25) is 0 Å². The second-order valence-corrected chi connectivity index (χ2v) is 6.49. The standard InChI is InChI=1S/C20H26N2O3/c1-23-18-5-4-15(11-19(18)24-2)10-17-7-9-22(14-17)13-16-6-8-21-20(12-16)25-3/h4-6,8,11-12,17H,7,9-10,13-14H2,1-3H3. The summed E-state index contributed by atoms with van der Waals surface area (Å²) in [7, 11) is 5.00. The predicted molar refractivity (Wildman–Crippen MR) is 97.4 cm³/mol. The van der Waals surface area contributed by atoms with E-state index >= 15 is 0 Å². The molecule has 0 radical (unpaired) electrons. The van der Waals surface area contributed by atoms with Gasteiger partial charge < -0.3 is 14.2 Å². The molecule has 1 aromatic carbocycles. The van der Waals surface area contributed by atoms with E-state index in [1.54, 1.807) is 21.3 Å². The summed E-state index contributed by atoms with van der Waals surface area (Å²) in [6, 6.07) is 10.3. The Morgan fingerprint density at radius 2 is 1.84 bits per heavy atom. The molecule has 5 nitrogen and oxygen atoms in total. The van der Waals surface area contributed by atoms with E-state index in [0.29, 0.717) is 11.8 Å². The average molecular weight is 342 g/mol. The summed E-state index contributed by atoms with van der Waals surface area (Å²) < 4.78 is 15.9. The Morgan fingerprint density at radius 1 is 1.00 bits per heavy atom. The molecule has 1 aliphatic heterocycles. The Kier molecular flexibility index (Phi) is 5.76. The first kappa shape index (κ1) is 17.5. The Labute approximate surface area is 149 Å². The number of pyridine rings is 1. The maximum Gasteiger partial charge on any atom is 0.213 e. The molecule has 0 N–H and O–H groups in total. The summed E-state index contributed by atoms with van der Waals surface area (Å²) >= 11 is 0. The molecule has 25 heavy (non-hydrogen) atoms. The van der Waals surface area contributed by atoms with Crippen molar-refractivity contribution >= 4 is 0 Å². The topological polar surface area (TPSA) is 43.8 Å². The van der Waals surface area contributed by atoms with E-state index in [2.05, 4.69) is 28.1 Å². The lowest BCUT2D eigenvalue weighted by Crippen LogP contribution is -2.20. The van der Waals surface area contributed by atoms with E-state index in [4.69, 9.17) is 14.2 Å². The third-order valence-electron chi connectivity index (χ3n) is 4.76. The fourth-order valence-corrected chi connectivity index (χ4v) is 3.48. The molecule has 1 unspecified atom stereocenters. The van der Waals surface area contributed by atoms with E-state index < -0.39 is 0 Å². The SMILES string of the molecule is COc1cc(CN2CCC(Cc3ccc(OC)c(OC)c3)C2)ccn1. The molecule has 0 saturated carbocycles. The van der Waals surface area contributed by atoms with E-state index in [0.717, 1.165) is 37.6 Å². The third kappa shape index (κ3) is 4.42. The molecule has 1 saturated heterocycles.